The Hall–Kier alpha value is -2.50. The first-order valence-corrected chi connectivity index (χ1v) is 12.3. The zero-order valence-electron chi connectivity index (χ0n) is 19.6. The fourth-order valence-corrected chi connectivity index (χ4v) is 4.43. The molecule has 1 aromatic carbocycles. The molecule has 2 fully saturated rings. The van der Waals surface area contributed by atoms with Crippen molar-refractivity contribution in [1.29, 1.82) is 0 Å². The number of amides is 2. The molecule has 1 heterocycles. The maximum absolute atomic E-state index is 12.7. The van der Waals surface area contributed by atoms with Gasteiger partial charge in [0.1, 0.15) is 0 Å². The molecule has 6 nitrogen and oxygen atoms in total. The van der Waals surface area contributed by atoms with E-state index in [1.807, 2.05) is 36.1 Å². The lowest BCUT2D eigenvalue weighted by Gasteiger charge is -2.33. The predicted octanol–water partition coefficient (Wildman–Crippen LogP) is 4.57. The standard InChI is InChI=1S/C26H38N2O4/c1-3-18-32-23-12-10-20(19-24(23)31-4-2)11-13-25(29)28-16-14-22(15-17-28)27-26(30)21-8-6-5-7-9-21/h10-13,19,21-22H,3-9,14-18H2,1-2H3,(H,27,30)/b13-11+. The van der Waals surface area contributed by atoms with Gasteiger partial charge in [-0.1, -0.05) is 32.3 Å². The van der Waals surface area contributed by atoms with E-state index in [1.165, 1.54) is 6.42 Å². The van der Waals surface area contributed by atoms with Gasteiger partial charge in [0.05, 0.1) is 13.2 Å². The van der Waals surface area contributed by atoms with Crippen molar-refractivity contribution in [1.82, 2.24) is 10.2 Å². The average Bonchev–Trinajstić information content (AvgIpc) is 2.83. The first kappa shape index (κ1) is 24.1. The highest BCUT2D eigenvalue weighted by Crippen LogP contribution is 2.29. The smallest absolute Gasteiger partial charge is 0.246 e. The van der Waals surface area contributed by atoms with E-state index in [0.717, 1.165) is 56.3 Å². The van der Waals surface area contributed by atoms with Gasteiger partial charge in [-0.2, -0.15) is 0 Å². The van der Waals surface area contributed by atoms with Gasteiger partial charge in [0, 0.05) is 31.1 Å². The van der Waals surface area contributed by atoms with Crippen molar-refractivity contribution in [2.45, 2.75) is 71.3 Å². The summed E-state index contributed by atoms with van der Waals surface area (Å²) in [5.41, 5.74) is 0.903. The molecule has 0 atom stereocenters. The number of rotatable bonds is 9. The predicted molar refractivity (Wildman–Crippen MR) is 127 cm³/mol. The molecule has 176 valence electrons. The highest BCUT2D eigenvalue weighted by molar-refractivity contribution is 5.92. The summed E-state index contributed by atoms with van der Waals surface area (Å²) in [6, 6.07) is 5.92. The van der Waals surface area contributed by atoms with Crippen molar-refractivity contribution < 1.29 is 19.1 Å². The highest BCUT2D eigenvalue weighted by Gasteiger charge is 2.26. The molecule has 0 bridgehead atoms. The van der Waals surface area contributed by atoms with Crippen molar-refractivity contribution in [2.75, 3.05) is 26.3 Å². The van der Waals surface area contributed by atoms with E-state index in [0.29, 0.717) is 32.1 Å². The van der Waals surface area contributed by atoms with Gasteiger partial charge in [-0.3, -0.25) is 9.59 Å². The number of nitrogens with one attached hydrogen (secondary N) is 1. The molecule has 1 saturated carbocycles. The molecule has 3 rings (SSSR count). The van der Waals surface area contributed by atoms with Gasteiger partial charge >= 0.3 is 0 Å². The van der Waals surface area contributed by atoms with Crippen LogP contribution in [0.3, 0.4) is 0 Å². The molecule has 0 unspecified atom stereocenters. The van der Waals surface area contributed by atoms with E-state index < -0.39 is 0 Å². The number of benzene rings is 1. The Morgan fingerprint density at radius 2 is 1.78 bits per heavy atom. The maximum Gasteiger partial charge on any atom is 0.246 e. The molecule has 6 heteroatoms. The Kier molecular flexibility index (Phi) is 9.44. The van der Waals surface area contributed by atoms with Crippen LogP contribution in [-0.4, -0.2) is 49.1 Å². The van der Waals surface area contributed by atoms with Gasteiger partial charge in [-0.05, 0) is 62.8 Å². The lowest BCUT2D eigenvalue weighted by atomic mass is 9.88. The number of carbonyl (C=O) groups excluding carboxylic acids is 2. The molecule has 2 aliphatic rings. The minimum atomic E-state index is 0.00586. The molecule has 0 spiro atoms. The Morgan fingerprint density at radius 1 is 1.03 bits per heavy atom. The number of carbonyl (C=O) groups is 2. The van der Waals surface area contributed by atoms with Gasteiger partial charge in [0.25, 0.3) is 0 Å². The van der Waals surface area contributed by atoms with Crippen LogP contribution in [0.4, 0.5) is 0 Å². The lowest BCUT2D eigenvalue weighted by molar-refractivity contribution is -0.128. The topological polar surface area (TPSA) is 67.9 Å². The van der Waals surface area contributed by atoms with E-state index in [2.05, 4.69) is 12.2 Å². The van der Waals surface area contributed by atoms with Crippen molar-refractivity contribution in [3.05, 3.63) is 29.8 Å². The minimum Gasteiger partial charge on any atom is -0.490 e. The molecule has 1 saturated heterocycles. The summed E-state index contributed by atoms with van der Waals surface area (Å²) in [5, 5.41) is 3.22. The summed E-state index contributed by atoms with van der Waals surface area (Å²) in [6.07, 6.45) is 11.6. The molecule has 0 aromatic heterocycles. The van der Waals surface area contributed by atoms with Crippen LogP contribution in [-0.2, 0) is 9.59 Å². The van der Waals surface area contributed by atoms with E-state index >= 15 is 0 Å². The largest absolute Gasteiger partial charge is 0.490 e. The maximum atomic E-state index is 12.7. The summed E-state index contributed by atoms with van der Waals surface area (Å²) >= 11 is 0. The summed E-state index contributed by atoms with van der Waals surface area (Å²) in [6.45, 7) is 6.55. The molecule has 1 aromatic rings. The van der Waals surface area contributed by atoms with E-state index in [1.54, 1.807) is 6.08 Å². The minimum absolute atomic E-state index is 0.00586. The first-order chi connectivity index (χ1) is 15.6. The third kappa shape index (κ3) is 7.01. The fraction of sp³-hybridized carbons (Fsp3) is 0.615. The van der Waals surface area contributed by atoms with E-state index in [4.69, 9.17) is 9.47 Å². The Labute approximate surface area is 192 Å². The molecular weight excluding hydrogens is 404 g/mol. The van der Waals surface area contributed by atoms with Crippen LogP contribution >= 0.6 is 0 Å². The second-order valence-corrected chi connectivity index (χ2v) is 8.76. The van der Waals surface area contributed by atoms with Crippen LogP contribution in [0.2, 0.25) is 0 Å². The normalized spacial score (nSPS) is 18.0. The molecule has 2 amide bonds. The lowest BCUT2D eigenvalue weighted by Crippen LogP contribution is -2.47. The molecule has 1 N–H and O–H groups in total. The van der Waals surface area contributed by atoms with Crippen molar-refractivity contribution >= 4 is 17.9 Å². The van der Waals surface area contributed by atoms with Gasteiger partial charge in [0.15, 0.2) is 11.5 Å². The van der Waals surface area contributed by atoms with Crippen LogP contribution in [0.1, 0.15) is 70.8 Å². The second kappa shape index (κ2) is 12.5. The van der Waals surface area contributed by atoms with Crippen molar-refractivity contribution in [2.24, 2.45) is 5.92 Å². The zero-order chi connectivity index (χ0) is 22.8. The monoisotopic (exact) mass is 442 g/mol. The Morgan fingerprint density at radius 3 is 2.47 bits per heavy atom. The summed E-state index contributed by atoms with van der Waals surface area (Å²) in [4.78, 5) is 27.0. The summed E-state index contributed by atoms with van der Waals surface area (Å²) < 4.78 is 11.4. The third-order valence-electron chi connectivity index (χ3n) is 6.28. The number of likely N-dealkylation sites (tertiary alicyclic amines) is 1. The molecule has 0 radical (unpaired) electrons. The average molecular weight is 443 g/mol. The molecule has 1 aliphatic heterocycles. The number of ether oxygens (including phenoxy) is 2. The van der Waals surface area contributed by atoms with Crippen LogP contribution in [0.15, 0.2) is 24.3 Å². The number of piperidine rings is 1. The van der Waals surface area contributed by atoms with Crippen LogP contribution in [0.5, 0.6) is 11.5 Å². The van der Waals surface area contributed by atoms with Gasteiger partial charge in [-0.25, -0.2) is 0 Å². The van der Waals surface area contributed by atoms with E-state index in [-0.39, 0.29) is 23.8 Å². The summed E-state index contributed by atoms with van der Waals surface area (Å²) in [5.74, 6) is 1.84. The number of hydrogen-bond acceptors (Lipinski definition) is 4. The second-order valence-electron chi connectivity index (χ2n) is 8.76. The molecular formula is C26H38N2O4. The quantitative estimate of drug-likeness (QED) is 0.569. The SMILES string of the molecule is CCCOc1ccc(/C=C/C(=O)N2CCC(NC(=O)C3CCCCC3)CC2)cc1OCC. The van der Waals surface area contributed by atoms with Crippen LogP contribution < -0.4 is 14.8 Å². The van der Waals surface area contributed by atoms with Gasteiger partial charge in [-0.15, -0.1) is 0 Å². The Balaban J connectivity index is 1.48. The Bertz CT molecular complexity index is 778. The van der Waals surface area contributed by atoms with Crippen molar-refractivity contribution in [3.8, 4) is 11.5 Å². The molecule has 32 heavy (non-hydrogen) atoms. The number of hydrogen-bond donors (Lipinski definition) is 1. The van der Waals surface area contributed by atoms with Crippen LogP contribution in [0, 0.1) is 5.92 Å². The summed E-state index contributed by atoms with van der Waals surface area (Å²) in [7, 11) is 0. The van der Waals surface area contributed by atoms with Crippen LogP contribution in [0.25, 0.3) is 6.08 Å². The molecule has 1 aliphatic carbocycles. The fourth-order valence-electron chi connectivity index (χ4n) is 4.43. The van der Waals surface area contributed by atoms with Gasteiger partial charge < -0.3 is 19.7 Å². The third-order valence-corrected chi connectivity index (χ3v) is 6.28. The number of nitrogens with zero attached hydrogens (tertiary/aromatic N) is 1. The highest BCUT2D eigenvalue weighted by atomic mass is 16.5. The first-order valence-electron chi connectivity index (χ1n) is 12.3. The zero-order valence-corrected chi connectivity index (χ0v) is 19.6. The van der Waals surface area contributed by atoms with Gasteiger partial charge in [0.2, 0.25) is 11.8 Å². The van der Waals surface area contributed by atoms with E-state index in [9.17, 15) is 9.59 Å². The van der Waals surface area contributed by atoms with Crippen molar-refractivity contribution in [3.63, 3.8) is 0 Å².